The number of esters is 1. The van der Waals surface area contributed by atoms with Crippen molar-refractivity contribution < 1.29 is 19.1 Å². The van der Waals surface area contributed by atoms with Crippen LogP contribution in [0.4, 0.5) is 5.69 Å². The minimum atomic E-state index is -0.647. The van der Waals surface area contributed by atoms with Crippen LogP contribution in [0.2, 0.25) is 0 Å². The molecule has 2 rings (SSSR count). The van der Waals surface area contributed by atoms with Gasteiger partial charge in [0.05, 0.1) is 5.56 Å². The van der Waals surface area contributed by atoms with Crippen LogP contribution in [0.5, 0.6) is 0 Å². The highest BCUT2D eigenvalue weighted by atomic mass is 32.2. The number of benzene rings is 1. The molecule has 1 aromatic rings. The predicted octanol–water partition coefficient (Wildman–Crippen LogP) is 2.04. The number of nitriles is 1. The Balaban J connectivity index is 1.94. The number of hydrogen-bond acceptors (Lipinski definition) is 7. The first-order valence-electron chi connectivity index (χ1n) is 8.46. The van der Waals surface area contributed by atoms with Crippen LogP contribution < -0.4 is 5.32 Å². The molecular formula is C18H20N4O4S. The van der Waals surface area contributed by atoms with Gasteiger partial charge in [-0.25, -0.2) is 4.79 Å². The van der Waals surface area contributed by atoms with Gasteiger partial charge in [0.2, 0.25) is 5.91 Å². The molecule has 0 fully saturated rings. The van der Waals surface area contributed by atoms with Gasteiger partial charge in [-0.05, 0) is 32.0 Å². The van der Waals surface area contributed by atoms with Crippen LogP contribution in [0.3, 0.4) is 0 Å². The molecule has 1 heterocycles. The van der Waals surface area contributed by atoms with Crippen molar-refractivity contribution in [2.75, 3.05) is 25.0 Å². The monoisotopic (exact) mass is 388 g/mol. The van der Waals surface area contributed by atoms with Crippen molar-refractivity contribution in [3.05, 3.63) is 29.8 Å². The van der Waals surface area contributed by atoms with Gasteiger partial charge in [-0.2, -0.15) is 10.3 Å². The summed E-state index contributed by atoms with van der Waals surface area (Å²) in [7, 11) is 0. The highest BCUT2D eigenvalue weighted by Crippen LogP contribution is 2.27. The number of carbonyl (C=O) groups excluding carboxylic acids is 3. The van der Waals surface area contributed by atoms with Crippen molar-refractivity contribution in [2.45, 2.75) is 25.5 Å². The summed E-state index contributed by atoms with van der Waals surface area (Å²) in [6, 6.07) is 7.92. The van der Waals surface area contributed by atoms with Gasteiger partial charge in [0.1, 0.15) is 11.3 Å². The highest BCUT2D eigenvalue weighted by Gasteiger charge is 2.32. The van der Waals surface area contributed by atoms with Crippen LogP contribution >= 0.6 is 11.8 Å². The average molecular weight is 388 g/mol. The number of carbonyl (C=O) groups is 3. The van der Waals surface area contributed by atoms with Gasteiger partial charge in [-0.15, -0.1) is 0 Å². The van der Waals surface area contributed by atoms with Crippen molar-refractivity contribution in [1.82, 2.24) is 4.90 Å². The zero-order valence-electron chi connectivity index (χ0n) is 15.1. The van der Waals surface area contributed by atoms with Crippen LogP contribution in [-0.4, -0.2) is 52.8 Å². The molecule has 142 valence electrons. The lowest BCUT2D eigenvalue weighted by Crippen LogP contribution is -2.27. The molecule has 1 aromatic carbocycles. The van der Waals surface area contributed by atoms with Gasteiger partial charge in [0, 0.05) is 25.2 Å². The minimum Gasteiger partial charge on any atom is -0.447 e. The molecule has 9 heteroatoms. The summed E-state index contributed by atoms with van der Waals surface area (Å²) in [4.78, 5) is 42.1. The van der Waals surface area contributed by atoms with Crippen molar-refractivity contribution in [3.63, 3.8) is 0 Å². The van der Waals surface area contributed by atoms with Gasteiger partial charge >= 0.3 is 5.97 Å². The Kier molecular flexibility index (Phi) is 7.37. The maximum atomic E-state index is 12.3. The lowest BCUT2D eigenvalue weighted by Gasteiger charge is -2.19. The summed E-state index contributed by atoms with van der Waals surface area (Å²) >= 11 is 1.29. The first-order chi connectivity index (χ1) is 13.0. The van der Waals surface area contributed by atoms with E-state index < -0.39 is 11.2 Å². The Bertz CT molecular complexity index is 799. The first-order valence-corrected chi connectivity index (χ1v) is 9.34. The highest BCUT2D eigenvalue weighted by molar-refractivity contribution is 8.15. The van der Waals surface area contributed by atoms with E-state index in [0.717, 1.165) is 13.1 Å². The minimum absolute atomic E-state index is 0.0130. The molecule has 0 spiro atoms. The number of amidine groups is 1. The summed E-state index contributed by atoms with van der Waals surface area (Å²) < 4.78 is 4.73. The topological polar surface area (TPSA) is 112 Å². The SMILES string of the molecule is CCN(CC)C1=NC(=O)[C@H](CC(=O)Nc2cccc(C(=O)OCC#N)c2)S1. The van der Waals surface area contributed by atoms with E-state index in [0.29, 0.717) is 10.9 Å². The molecule has 1 aliphatic rings. The van der Waals surface area contributed by atoms with Gasteiger partial charge in [-0.3, -0.25) is 9.59 Å². The van der Waals surface area contributed by atoms with E-state index in [1.807, 2.05) is 18.7 Å². The molecule has 1 atom stereocenters. The van der Waals surface area contributed by atoms with Crippen LogP contribution in [0.1, 0.15) is 30.6 Å². The summed E-state index contributed by atoms with van der Waals surface area (Å²) in [5.41, 5.74) is 0.633. The van der Waals surface area contributed by atoms with E-state index in [1.54, 1.807) is 18.2 Å². The Morgan fingerprint density at radius 2 is 2.11 bits per heavy atom. The van der Waals surface area contributed by atoms with Crippen LogP contribution in [0.15, 0.2) is 29.3 Å². The van der Waals surface area contributed by atoms with Gasteiger partial charge in [0.15, 0.2) is 11.8 Å². The van der Waals surface area contributed by atoms with Crippen LogP contribution in [-0.2, 0) is 14.3 Å². The smallest absolute Gasteiger partial charge is 0.339 e. The Morgan fingerprint density at radius 3 is 2.78 bits per heavy atom. The number of anilines is 1. The van der Waals surface area contributed by atoms with E-state index >= 15 is 0 Å². The molecule has 2 amide bonds. The van der Waals surface area contributed by atoms with E-state index in [-0.39, 0.29) is 30.4 Å². The summed E-state index contributed by atoms with van der Waals surface area (Å²) in [5, 5.41) is 11.2. The molecule has 0 unspecified atom stereocenters. The number of ether oxygens (including phenoxy) is 1. The summed E-state index contributed by atoms with van der Waals surface area (Å²) in [6.45, 7) is 5.09. The fraction of sp³-hybridized carbons (Fsp3) is 0.389. The molecular weight excluding hydrogens is 368 g/mol. The molecule has 8 nitrogen and oxygen atoms in total. The zero-order chi connectivity index (χ0) is 19.8. The van der Waals surface area contributed by atoms with Crippen LogP contribution in [0.25, 0.3) is 0 Å². The Hall–Kier alpha value is -2.86. The number of amides is 2. The third kappa shape index (κ3) is 5.56. The van der Waals surface area contributed by atoms with Gasteiger partial charge < -0.3 is 15.0 Å². The Morgan fingerprint density at radius 1 is 1.37 bits per heavy atom. The van der Waals surface area contributed by atoms with E-state index in [2.05, 4.69) is 10.3 Å². The summed E-state index contributed by atoms with van der Waals surface area (Å²) in [6.07, 6.45) is -0.0130. The van der Waals surface area contributed by atoms with E-state index in [4.69, 9.17) is 10.00 Å². The molecule has 1 aliphatic heterocycles. The molecule has 0 aromatic heterocycles. The molecule has 27 heavy (non-hydrogen) atoms. The van der Waals surface area contributed by atoms with E-state index in [9.17, 15) is 14.4 Å². The Labute approximate surface area is 161 Å². The largest absolute Gasteiger partial charge is 0.447 e. The standard InChI is InChI=1S/C18H20N4O4S/c1-3-22(4-2)18-21-16(24)14(27-18)11-15(23)20-13-7-5-6-12(10-13)17(25)26-9-8-19/h5-7,10,14H,3-4,9,11H2,1-2H3,(H,20,23)/t14-/m0/s1. The number of thioether (sulfide) groups is 1. The molecule has 0 saturated carbocycles. The zero-order valence-corrected chi connectivity index (χ0v) is 15.9. The number of nitrogens with one attached hydrogen (secondary N) is 1. The van der Waals surface area contributed by atoms with Crippen LogP contribution in [0, 0.1) is 11.3 Å². The number of aliphatic imine (C=N–C) groups is 1. The average Bonchev–Trinajstić information content (AvgIpc) is 3.01. The quantitative estimate of drug-likeness (QED) is 0.711. The second-order valence-corrected chi connectivity index (χ2v) is 6.75. The van der Waals surface area contributed by atoms with Crippen molar-refractivity contribution in [1.29, 1.82) is 5.26 Å². The molecule has 0 bridgehead atoms. The molecule has 0 saturated heterocycles. The summed E-state index contributed by atoms with van der Waals surface area (Å²) in [5.74, 6) is -1.31. The maximum absolute atomic E-state index is 12.3. The van der Waals surface area contributed by atoms with Crippen molar-refractivity contribution in [2.24, 2.45) is 4.99 Å². The second-order valence-electron chi connectivity index (χ2n) is 5.58. The van der Waals surface area contributed by atoms with Gasteiger partial charge in [0.25, 0.3) is 5.91 Å². The first kappa shape index (κ1) is 20.5. The predicted molar refractivity (Wildman–Crippen MR) is 102 cm³/mol. The lowest BCUT2D eigenvalue weighted by atomic mass is 10.2. The van der Waals surface area contributed by atoms with E-state index in [1.165, 1.54) is 23.9 Å². The third-order valence-corrected chi connectivity index (χ3v) is 5.00. The normalized spacial score (nSPS) is 15.7. The van der Waals surface area contributed by atoms with Crippen molar-refractivity contribution >= 4 is 40.4 Å². The lowest BCUT2D eigenvalue weighted by molar-refractivity contribution is -0.121. The van der Waals surface area contributed by atoms with Gasteiger partial charge in [-0.1, -0.05) is 17.8 Å². The molecule has 1 N–H and O–H groups in total. The molecule has 0 aliphatic carbocycles. The maximum Gasteiger partial charge on any atom is 0.339 e. The number of hydrogen-bond donors (Lipinski definition) is 1. The second kappa shape index (κ2) is 9.73. The molecule has 0 radical (unpaired) electrons. The van der Waals surface area contributed by atoms with Crippen molar-refractivity contribution in [3.8, 4) is 6.07 Å². The number of nitrogens with zero attached hydrogens (tertiary/aromatic N) is 3. The number of rotatable bonds is 7. The fourth-order valence-electron chi connectivity index (χ4n) is 2.42. The third-order valence-electron chi connectivity index (χ3n) is 3.78. The fourth-order valence-corrected chi connectivity index (χ4v) is 3.62.